The smallest absolute Gasteiger partial charge is 0.131 e. The van der Waals surface area contributed by atoms with Crippen molar-refractivity contribution in [2.75, 3.05) is 0 Å². The van der Waals surface area contributed by atoms with Crippen LogP contribution in [-0.2, 0) is 5.41 Å². The molecule has 57 heavy (non-hydrogen) atoms. The molecule has 0 radical (unpaired) electrons. The predicted octanol–water partition coefficient (Wildman–Crippen LogP) is 12.0. The van der Waals surface area contributed by atoms with Crippen molar-refractivity contribution < 1.29 is 0 Å². The molecule has 0 amide bonds. The van der Waals surface area contributed by atoms with Gasteiger partial charge >= 0.3 is 0 Å². The highest BCUT2D eigenvalue weighted by atomic mass is 14.9. The fraction of sp³-hybridized carbons (Fsp3) is 0.115. The van der Waals surface area contributed by atoms with Crippen LogP contribution >= 0.6 is 0 Å². The molecule has 0 fully saturated rings. The van der Waals surface area contributed by atoms with Crippen molar-refractivity contribution in [2.45, 2.75) is 39.0 Å². The molecule has 1 aromatic heterocycles. The quantitative estimate of drug-likeness (QED) is 0.0858. The van der Waals surface area contributed by atoms with E-state index in [1.54, 1.807) is 0 Å². The Labute approximate surface area is 335 Å². The zero-order chi connectivity index (χ0) is 39.9. The maximum absolute atomic E-state index is 10.6. The number of hydrogen-bond acceptors (Lipinski definition) is 4. The van der Waals surface area contributed by atoms with Crippen molar-refractivity contribution in [3.05, 3.63) is 214 Å². The van der Waals surface area contributed by atoms with Crippen LogP contribution in [0.1, 0.15) is 65.6 Å². The summed E-state index contributed by atoms with van der Waals surface area (Å²) in [5, 5.41) is 21.2. The number of nitrogens with two attached hydrogens (primary N) is 1. The van der Waals surface area contributed by atoms with Crippen LogP contribution in [0.4, 0.5) is 0 Å². The SMILES string of the molecule is Cc1c(-c2ccccc2)nc(-c2ccccc2)c(C#N)c1-c1ccc(C(C)(C)c2ccc(/C(N=C(N)c3ccccc3)=C(\C#N)C(C)c3ccccc3)cc2)cc1. The molecule has 2 N–H and O–H groups in total. The molecule has 6 aromatic carbocycles. The van der Waals surface area contributed by atoms with E-state index < -0.39 is 0 Å². The summed E-state index contributed by atoms with van der Waals surface area (Å²) < 4.78 is 0. The maximum atomic E-state index is 10.6. The fourth-order valence-corrected chi connectivity index (χ4v) is 7.43. The first-order valence-electron chi connectivity index (χ1n) is 19.1. The molecule has 0 spiro atoms. The number of hydrogen-bond donors (Lipinski definition) is 1. The third-order valence-electron chi connectivity index (χ3n) is 10.8. The number of pyridine rings is 1. The van der Waals surface area contributed by atoms with E-state index in [-0.39, 0.29) is 11.3 Å². The van der Waals surface area contributed by atoms with Crippen LogP contribution in [0.25, 0.3) is 39.3 Å². The summed E-state index contributed by atoms with van der Waals surface area (Å²) in [5.74, 6) is 0.144. The summed E-state index contributed by atoms with van der Waals surface area (Å²) in [6.45, 7) is 8.49. The van der Waals surface area contributed by atoms with Crippen molar-refractivity contribution in [3.63, 3.8) is 0 Å². The largest absolute Gasteiger partial charge is 0.383 e. The number of benzene rings is 6. The van der Waals surface area contributed by atoms with Crippen molar-refractivity contribution in [2.24, 2.45) is 10.7 Å². The molecule has 1 atom stereocenters. The van der Waals surface area contributed by atoms with E-state index in [1.165, 1.54) is 0 Å². The van der Waals surface area contributed by atoms with E-state index in [4.69, 9.17) is 15.7 Å². The number of allylic oxidation sites excluding steroid dienone is 1. The lowest BCUT2D eigenvalue weighted by atomic mass is 9.77. The summed E-state index contributed by atoms with van der Waals surface area (Å²) in [6, 6.07) is 61.5. The Morgan fingerprint density at radius 3 is 1.63 bits per heavy atom. The van der Waals surface area contributed by atoms with Crippen LogP contribution in [0.2, 0.25) is 0 Å². The number of rotatable bonds is 10. The Hall–Kier alpha value is -7.34. The van der Waals surface area contributed by atoms with Crippen molar-refractivity contribution in [3.8, 4) is 45.8 Å². The summed E-state index contributed by atoms with van der Waals surface area (Å²) in [4.78, 5) is 10.0. The van der Waals surface area contributed by atoms with Crippen LogP contribution in [-0.4, -0.2) is 10.8 Å². The first kappa shape index (κ1) is 38.0. The van der Waals surface area contributed by atoms with Gasteiger partial charge in [-0.15, -0.1) is 0 Å². The summed E-state index contributed by atoms with van der Waals surface area (Å²) in [5.41, 5.74) is 18.9. The van der Waals surface area contributed by atoms with E-state index in [2.05, 4.69) is 81.4 Å². The van der Waals surface area contributed by atoms with Crippen LogP contribution in [0, 0.1) is 29.6 Å². The fourth-order valence-electron chi connectivity index (χ4n) is 7.43. The zero-order valence-corrected chi connectivity index (χ0v) is 32.6. The van der Waals surface area contributed by atoms with Gasteiger partial charge in [-0.25, -0.2) is 9.98 Å². The molecule has 0 aliphatic carbocycles. The van der Waals surface area contributed by atoms with Gasteiger partial charge in [-0.05, 0) is 34.7 Å². The second kappa shape index (κ2) is 16.6. The minimum atomic E-state index is -0.377. The lowest BCUT2D eigenvalue weighted by Gasteiger charge is -2.27. The van der Waals surface area contributed by atoms with E-state index in [0.29, 0.717) is 28.4 Å². The number of nitrogens with zero attached hydrogens (tertiary/aromatic N) is 4. The van der Waals surface area contributed by atoms with Gasteiger partial charge in [-0.1, -0.05) is 191 Å². The monoisotopic (exact) mass is 737 g/mol. The summed E-state index contributed by atoms with van der Waals surface area (Å²) in [6.07, 6.45) is 0. The van der Waals surface area contributed by atoms with E-state index >= 15 is 0 Å². The number of aliphatic imine (C=N–C) groups is 1. The Morgan fingerprint density at radius 2 is 1.11 bits per heavy atom. The van der Waals surface area contributed by atoms with Crippen LogP contribution in [0.3, 0.4) is 0 Å². The van der Waals surface area contributed by atoms with Crippen molar-refractivity contribution in [1.29, 1.82) is 10.5 Å². The van der Waals surface area contributed by atoms with Gasteiger partial charge in [0.2, 0.25) is 0 Å². The second-order valence-electron chi connectivity index (χ2n) is 14.7. The minimum absolute atomic E-state index is 0.203. The molecule has 1 heterocycles. The summed E-state index contributed by atoms with van der Waals surface area (Å²) in [7, 11) is 0. The molecule has 7 rings (SSSR count). The van der Waals surface area contributed by atoms with Gasteiger partial charge < -0.3 is 5.73 Å². The molecule has 5 nitrogen and oxygen atoms in total. The molecule has 276 valence electrons. The van der Waals surface area contributed by atoms with E-state index in [1.807, 2.05) is 128 Å². The van der Waals surface area contributed by atoms with Crippen LogP contribution in [0.15, 0.2) is 180 Å². The van der Waals surface area contributed by atoms with Gasteiger partial charge in [0.25, 0.3) is 0 Å². The average molecular weight is 738 g/mol. The predicted molar refractivity (Wildman–Crippen MR) is 233 cm³/mol. The van der Waals surface area contributed by atoms with Gasteiger partial charge in [0.1, 0.15) is 11.9 Å². The average Bonchev–Trinajstić information content (AvgIpc) is 3.27. The molecular formula is C52H43N5. The van der Waals surface area contributed by atoms with Crippen LogP contribution in [0.5, 0.6) is 0 Å². The topological polar surface area (TPSA) is 98.8 Å². The molecule has 0 bridgehead atoms. The minimum Gasteiger partial charge on any atom is -0.383 e. The molecule has 0 saturated carbocycles. The lowest BCUT2D eigenvalue weighted by molar-refractivity contribution is 0.641. The van der Waals surface area contributed by atoms with E-state index in [0.717, 1.165) is 61.3 Å². The Kier molecular flexibility index (Phi) is 11.0. The highest BCUT2D eigenvalue weighted by molar-refractivity contribution is 6.01. The highest BCUT2D eigenvalue weighted by Crippen LogP contribution is 2.40. The second-order valence-corrected chi connectivity index (χ2v) is 14.7. The van der Waals surface area contributed by atoms with Crippen LogP contribution < -0.4 is 5.73 Å². The highest BCUT2D eigenvalue weighted by Gasteiger charge is 2.26. The Bertz CT molecular complexity index is 2650. The zero-order valence-electron chi connectivity index (χ0n) is 32.6. The van der Waals surface area contributed by atoms with Crippen molar-refractivity contribution >= 4 is 11.5 Å². The maximum Gasteiger partial charge on any atom is 0.131 e. The van der Waals surface area contributed by atoms with Gasteiger partial charge in [0.15, 0.2) is 0 Å². The number of nitriles is 2. The third-order valence-corrected chi connectivity index (χ3v) is 10.8. The first-order chi connectivity index (χ1) is 27.7. The van der Waals surface area contributed by atoms with Crippen molar-refractivity contribution in [1.82, 2.24) is 4.98 Å². The molecule has 0 aliphatic rings. The normalized spacial score (nSPS) is 12.6. The molecule has 0 saturated heterocycles. The van der Waals surface area contributed by atoms with Gasteiger partial charge in [-0.2, -0.15) is 10.5 Å². The summed E-state index contributed by atoms with van der Waals surface area (Å²) >= 11 is 0. The molecular weight excluding hydrogens is 695 g/mol. The first-order valence-corrected chi connectivity index (χ1v) is 19.1. The molecule has 7 aromatic rings. The number of aromatic nitrogens is 1. The molecule has 1 unspecified atom stereocenters. The van der Waals surface area contributed by atoms with Gasteiger partial charge in [0.05, 0.1) is 34.3 Å². The molecule has 5 heteroatoms. The standard InChI is InChI=1S/C52H43N5/c1-35(37-17-9-5-10-18-37)45(33-53)49(57-51(55)42-23-15-8-16-24-42)41-27-31-44(32-28-41)52(3,4)43-29-25-38(26-30-43)47-36(2)48(39-19-11-6-12-20-39)56-50(46(47)34-54)40-21-13-7-14-22-40/h5-32,35H,1-4H3,(H2,55,57)/b49-45-. The number of amidine groups is 1. The molecule has 0 aliphatic heterocycles. The van der Waals surface area contributed by atoms with Gasteiger partial charge in [-0.3, -0.25) is 0 Å². The van der Waals surface area contributed by atoms with Gasteiger partial charge in [0, 0.05) is 39.2 Å². The van der Waals surface area contributed by atoms with E-state index in [9.17, 15) is 10.5 Å². The lowest BCUT2D eigenvalue weighted by Crippen LogP contribution is -2.19. The third kappa shape index (κ3) is 7.78. The Balaban J connectivity index is 1.27. The Morgan fingerprint density at radius 1 is 0.614 bits per heavy atom.